The zero-order chi connectivity index (χ0) is 24.8. The van der Waals surface area contributed by atoms with E-state index >= 15 is 0 Å². The first-order chi connectivity index (χ1) is 15.9. The molecule has 0 unspecified atom stereocenters. The van der Waals surface area contributed by atoms with Crippen molar-refractivity contribution >= 4 is 43.4 Å². The molecular formula is C26H27N3O4S. The molecule has 0 fully saturated rings. The van der Waals surface area contributed by atoms with Gasteiger partial charge < -0.3 is 15.8 Å². The van der Waals surface area contributed by atoms with E-state index in [1.165, 1.54) is 11.4 Å². The average molecular weight is 478 g/mol. The number of hydrogen-bond donors (Lipinski definition) is 3. The summed E-state index contributed by atoms with van der Waals surface area (Å²) < 4.78 is 25.8. The van der Waals surface area contributed by atoms with Crippen LogP contribution in [0.25, 0.3) is 32.9 Å². The number of hydrogen-bond acceptors (Lipinski definition) is 4. The first-order valence-electron chi connectivity index (χ1n) is 10.7. The maximum atomic E-state index is 12.3. The monoisotopic (exact) mass is 477 g/mol. The van der Waals surface area contributed by atoms with Crippen molar-refractivity contribution in [2.45, 2.75) is 25.9 Å². The molecule has 0 saturated carbocycles. The molecule has 0 bridgehead atoms. The van der Waals surface area contributed by atoms with Crippen LogP contribution in [0.5, 0.6) is 0 Å². The van der Waals surface area contributed by atoms with Crippen molar-refractivity contribution in [3.8, 4) is 11.1 Å². The molecule has 7 nitrogen and oxygen atoms in total. The first kappa shape index (κ1) is 23.5. The van der Waals surface area contributed by atoms with Crippen molar-refractivity contribution in [2.75, 3.05) is 11.4 Å². The van der Waals surface area contributed by atoms with Crippen LogP contribution in [-0.4, -0.2) is 31.5 Å². The van der Waals surface area contributed by atoms with Crippen LogP contribution >= 0.6 is 0 Å². The summed E-state index contributed by atoms with van der Waals surface area (Å²) >= 11 is 0. The highest BCUT2D eigenvalue weighted by Crippen LogP contribution is 2.39. The third-order valence-corrected chi connectivity index (χ3v) is 7.42. The van der Waals surface area contributed by atoms with E-state index in [4.69, 9.17) is 5.73 Å². The second kappa shape index (κ2) is 8.30. The Morgan fingerprint density at radius 2 is 1.91 bits per heavy atom. The second-order valence-corrected chi connectivity index (χ2v) is 10.8. The summed E-state index contributed by atoms with van der Waals surface area (Å²) in [5, 5.41) is 13.2. The average Bonchev–Trinajstić information content (AvgIpc) is 3.17. The molecule has 0 aliphatic carbocycles. The summed E-state index contributed by atoms with van der Waals surface area (Å²) in [5.41, 5.74) is 9.76. The van der Waals surface area contributed by atoms with E-state index in [9.17, 15) is 18.3 Å². The van der Waals surface area contributed by atoms with Gasteiger partial charge >= 0.3 is 0 Å². The third kappa shape index (κ3) is 4.18. The van der Waals surface area contributed by atoms with E-state index < -0.39 is 21.5 Å². The Balaban J connectivity index is 1.99. The number of amides is 1. The van der Waals surface area contributed by atoms with E-state index in [2.05, 4.69) is 11.6 Å². The molecule has 34 heavy (non-hydrogen) atoms. The molecule has 0 aliphatic heterocycles. The number of benzene rings is 3. The number of carbonyl (C=O) groups is 1. The minimum absolute atomic E-state index is 0.0717. The number of nitrogens with one attached hydrogen (secondary N) is 1. The van der Waals surface area contributed by atoms with Crippen LogP contribution < -0.4 is 10.0 Å². The molecule has 0 aliphatic rings. The van der Waals surface area contributed by atoms with Crippen LogP contribution in [-0.2, 0) is 26.8 Å². The Hall–Kier alpha value is -3.62. The summed E-state index contributed by atoms with van der Waals surface area (Å²) in [4.78, 5) is 15.1. The number of carbonyl (C=O) groups excluding carboxylic acids is 1. The summed E-state index contributed by atoms with van der Waals surface area (Å²) in [6.45, 7) is 6.84. The number of rotatable bonds is 7. The van der Waals surface area contributed by atoms with Crippen LogP contribution in [0.4, 0.5) is 5.69 Å². The number of H-pyrrole nitrogens is 1. The number of aliphatic hydroxyl groups is 1. The summed E-state index contributed by atoms with van der Waals surface area (Å²) in [6, 6.07) is 16.7. The molecule has 176 valence electrons. The topological polar surface area (TPSA) is 116 Å². The molecule has 4 aromatic rings. The van der Waals surface area contributed by atoms with Crippen LogP contribution in [0.2, 0.25) is 0 Å². The predicted octanol–water partition coefficient (Wildman–Crippen LogP) is 4.15. The van der Waals surface area contributed by atoms with Crippen LogP contribution in [0.15, 0.2) is 66.6 Å². The fraction of sp³-hybridized carbons (Fsp3) is 0.192. The second-order valence-electron chi connectivity index (χ2n) is 8.84. The summed E-state index contributed by atoms with van der Waals surface area (Å²) in [6.07, 6.45) is 0.0717. The number of fused-ring (bicyclic) bond motifs is 3. The van der Waals surface area contributed by atoms with Crippen LogP contribution in [0.3, 0.4) is 0 Å². The Labute approximate surface area is 198 Å². The lowest BCUT2D eigenvalue weighted by atomic mass is 9.94. The van der Waals surface area contributed by atoms with Gasteiger partial charge in [-0.2, -0.15) is 0 Å². The first-order valence-corrected chi connectivity index (χ1v) is 12.2. The van der Waals surface area contributed by atoms with E-state index in [1.54, 1.807) is 32.0 Å². The van der Waals surface area contributed by atoms with E-state index in [0.717, 1.165) is 49.5 Å². The molecular weight excluding hydrogens is 450 g/mol. The van der Waals surface area contributed by atoms with E-state index in [-0.39, 0.29) is 6.42 Å². The van der Waals surface area contributed by atoms with Gasteiger partial charge in [0.25, 0.3) is 10.0 Å². The number of anilines is 1. The Morgan fingerprint density at radius 3 is 2.56 bits per heavy atom. The Bertz CT molecular complexity index is 1550. The Morgan fingerprint density at radius 1 is 1.18 bits per heavy atom. The van der Waals surface area contributed by atoms with Crippen molar-refractivity contribution in [3.05, 3.63) is 77.7 Å². The highest BCUT2D eigenvalue weighted by atomic mass is 32.2. The lowest BCUT2D eigenvalue weighted by molar-refractivity contribution is -0.117. The molecule has 4 N–H and O–H groups in total. The third-order valence-electron chi connectivity index (χ3n) is 6.02. The summed E-state index contributed by atoms with van der Waals surface area (Å²) in [5.74, 6) is -0.442. The SMILES string of the molecule is C=CS(=O)(=O)N(C)c1cccc(-c2ccc(CC(N)=O)c3[nH]c4cc(C(C)(C)O)ccc4c23)c1. The van der Waals surface area contributed by atoms with Gasteiger partial charge in [-0.1, -0.05) is 43.0 Å². The van der Waals surface area contributed by atoms with Crippen molar-refractivity contribution in [3.63, 3.8) is 0 Å². The van der Waals surface area contributed by atoms with Gasteiger partial charge in [-0.05, 0) is 54.3 Å². The van der Waals surface area contributed by atoms with E-state index in [1.807, 2.05) is 36.4 Å². The number of sulfonamides is 1. The van der Waals surface area contributed by atoms with Gasteiger partial charge in [-0.3, -0.25) is 9.10 Å². The van der Waals surface area contributed by atoms with Crippen molar-refractivity contribution in [2.24, 2.45) is 5.73 Å². The largest absolute Gasteiger partial charge is 0.386 e. The van der Waals surface area contributed by atoms with Crippen LogP contribution in [0.1, 0.15) is 25.0 Å². The molecule has 0 spiro atoms. The molecule has 0 radical (unpaired) electrons. The molecule has 8 heteroatoms. The summed E-state index contributed by atoms with van der Waals surface area (Å²) in [7, 11) is -2.16. The number of nitrogens with two attached hydrogens (primary N) is 1. The minimum Gasteiger partial charge on any atom is -0.386 e. The number of aromatic nitrogens is 1. The highest BCUT2D eigenvalue weighted by molar-refractivity contribution is 7.95. The maximum absolute atomic E-state index is 12.3. The molecule has 0 saturated heterocycles. The quantitative estimate of drug-likeness (QED) is 0.371. The van der Waals surface area contributed by atoms with E-state index in [0.29, 0.717) is 5.69 Å². The zero-order valence-corrected chi connectivity index (χ0v) is 20.1. The van der Waals surface area contributed by atoms with Gasteiger partial charge in [0.1, 0.15) is 0 Å². The number of primary amides is 1. The Kier molecular flexibility index (Phi) is 5.75. The predicted molar refractivity (Wildman–Crippen MR) is 137 cm³/mol. The highest BCUT2D eigenvalue weighted by Gasteiger charge is 2.20. The van der Waals surface area contributed by atoms with Gasteiger partial charge in [0.05, 0.1) is 23.2 Å². The minimum atomic E-state index is -3.64. The van der Waals surface area contributed by atoms with Gasteiger partial charge in [-0.25, -0.2) is 8.42 Å². The molecule has 1 amide bonds. The van der Waals surface area contributed by atoms with Gasteiger partial charge in [0, 0.05) is 28.7 Å². The van der Waals surface area contributed by atoms with Crippen LogP contribution in [0, 0.1) is 0 Å². The van der Waals surface area contributed by atoms with Crippen molar-refractivity contribution < 1.29 is 18.3 Å². The standard InChI is InChI=1S/C26H27N3O4S/c1-5-34(32,33)29(4)19-8-6-7-16(13-19)20-11-9-17(14-23(27)30)25-24(20)21-12-10-18(26(2,3)31)15-22(21)28-25/h5-13,15,28,31H,1,14H2,2-4H3,(H2,27,30). The van der Waals surface area contributed by atoms with Crippen molar-refractivity contribution in [1.29, 1.82) is 0 Å². The van der Waals surface area contributed by atoms with Gasteiger partial charge in [-0.15, -0.1) is 0 Å². The number of nitrogens with zero attached hydrogens (tertiary/aromatic N) is 1. The maximum Gasteiger partial charge on any atom is 0.256 e. The molecule has 1 heterocycles. The normalized spacial score (nSPS) is 12.2. The van der Waals surface area contributed by atoms with Crippen molar-refractivity contribution in [1.82, 2.24) is 4.98 Å². The molecule has 4 rings (SSSR count). The molecule has 3 aromatic carbocycles. The molecule has 1 aromatic heterocycles. The fourth-order valence-electron chi connectivity index (χ4n) is 4.15. The van der Waals surface area contributed by atoms with Gasteiger partial charge in [0.15, 0.2) is 0 Å². The zero-order valence-electron chi connectivity index (χ0n) is 19.3. The molecule has 0 atom stereocenters. The lowest BCUT2D eigenvalue weighted by Crippen LogP contribution is -2.23. The fourth-order valence-corrected chi connectivity index (χ4v) is 4.78. The number of aromatic amines is 1. The lowest BCUT2D eigenvalue weighted by Gasteiger charge is -2.18. The smallest absolute Gasteiger partial charge is 0.256 e. The van der Waals surface area contributed by atoms with Gasteiger partial charge in [0.2, 0.25) is 5.91 Å².